The lowest BCUT2D eigenvalue weighted by molar-refractivity contribution is -0.139. The molecule has 0 radical (unpaired) electrons. The first-order valence-corrected chi connectivity index (χ1v) is 6.96. The fraction of sp³-hybridized carbons (Fsp3) is 0.250. The van der Waals surface area contributed by atoms with Crippen LogP contribution in [-0.2, 0) is 22.7 Å². The Kier molecular flexibility index (Phi) is 5.59. The van der Waals surface area contributed by atoms with Crippen molar-refractivity contribution >= 4 is 12.1 Å². The van der Waals surface area contributed by atoms with Crippen LogP contribution in [0.2, 0.25) is 0 Å². The highest BCUT2D eigenvalue weighted by Crippen LogP contribution is 2.03. The number of benzene rings is 1. The predicted octanol–water partition coefficient (Wildman–Crippen LogP) is 2.26. The largest absolute Gasteiger partial charge is 0.480 e. The van der Waals surface area contributed by atoms with E-state index in [0.717, 1.165) is 5.56 Å². The molecule has 0 aliphatic rings. The summed E-state index contributed by atoms with van der Waals surface area (Å²) in [5.74, 6) is -1.08. The van der Waals surface area contributed by atoms with Gasteiger partial charge >= 0.3 is 12.1 Å². The summed E-state index contributed by atoms with van der Waals surface area (Å²) in [6.45, 7) is 0.611. The van der Waals surface area contributed by atoms with Gasteiger partial charge in [0, 0.05) is 18.9 Å². The van der Waals surface area contributed by atoms with E-state index >= 15 is 0 Å². The number of carboxylic acid groups (broad SMARTS) is 1. The van der Waals surface area contributed by atoms with Gasteiger partial charge in [0.05, 0.1) is 0 Å². The van der Waals surface area contributed by atoms with Crippen LogP contribution in [0, 0.1) is 0 Å². The van der Waals surface area contributed by atoms with E-state index in [4.69, 9.17) is 9.84 Å². The van der Waals surface area contributed by atoms with Crippen molar-refractivity contribution in [3.8, 4) is 0 Å². The quantitative estimate of drug-likeness (QED) is 0.822. The summed E-state index contributed by atoms with van der Waals surface area (Å²) in [5.41, 5.74) is 0.844. The first kappa shape index (κ1) is 15.6. The third-order valence-electron chi connectivity index (χ3n) is 3.15. The highest BCUT2D eigenvalue weighted by molar-refractivity contribution is 5.79. The predicted molar refractivity (Wildman–Crippen MR) is 80.2 cm³/mol. The number of hydrogen-bond acceptors (Lipinski definition) is 3. The molecule has 0 bridgehead atoms. The maximum atomic E-state index is 11.7. The minimum Gasteiger partial charge on any atom is -0.480 e. The molecule has 0 aliphatic heterocycles. The van der Waals surface area contributed by atoms with Gasteiger partial charge in [0.25, 0.3) is 0 Å². The van der Waals surface area contributed by atoms with Crippen molar-refractivity contribution in [3.63, 3.8) is 0 Å². The second kappa shape index (κ2) is 7.87. The van der Waals surface area contributed by atoms with E-state index in [1.54, 1.807) is 0 Å². The number of rotatable bonds is 7. The minimum atomic E-state index is -1.08. The molecule has 6 nitrogen and oxygen atoms in total. The first-order chi connectivity index (χ1) is 10.6. The molecule has 0 aliphatic carbocycles. The van der Waals surface area contributed by atoms with Gasteiger partial charge in [-0.25, -0.2) is 9.59 Å². The molecule has 1 atom stereocenters. The van der Waals surface area contributed by atoms with Crippen molar-refractivity contribution in [2.75, 3.05) is 0 Å². The van der Waals surface area contributed by atoms with Crippen molar-refractivity contribution in [1.29, 1.82) is 0 Å². The van der Waals surface area contributed by atoms with Crippen LogP contribution in [0.4, 0.5) is 4.79 Å². The molecule has 1 heterocycles. The Bertz CT molecular complexity index is 596. The third kappa shape index (κ3) is 4.97. The van der Waals surface area contributed by atoms with Crippen LogP contribution in [0.25, 0.3) is 0 Å². The van der Waals surface area contributed by atoms with Crippen molar-refractivity contribution < 1.29 is 19.4 Å². The zero-order valence-electron chi connectivity index (χ0n) is 12.0. The van der Waals surface area contributed by atoms with Gasteiger partial charge in [-0.15, -0.1) is 0 Å². The summed E-state index contributed by atoms with van der Waals surface area (Å²) < 4.78 is 6.88. The van der Waals surface area contributed by atoms with Crippen molar-refractivity contribution in [1.82, 2.24) is 9.88 Å². The topological polar surface area (TPSA) is 80.6 Å². The van der Waals surface area contributed by atoms with E-state index in [1.807, 2.05) is 59.4 Å². The third-order valence-corrected chi connectivity index (χ3v) is 3.15. The Balaban J connectivity index is 1.79. The summed E-state index contributed by atoms with van der Waals surface area (Å²) in [6, 6.07) is 11.9. The van der Waals surface area contributed by atoms with E-state index in [1.165, 1.54) is 0 Å². The van der Waals surface area contributed by atoms with Crippen LogP contribution in [0.15, 0.2) is 54.9 Å². The maximum absolute atomic E-state index is 11.7. The van der Waals surface area contributed by atoms with E-state index in [2.05, 4.69) is 5.32 Å². The number of aliphatic carboxylic acids is 1. The van der Waals surface area contributed by atoms with Gasteiger partial charge in [0.2, 0.25) is 0 Å². The van der Waals surface area contributed by atoms with Crippen LogP contribution in [-0.4, -0.2) is 27.8 Å². The normalized spacial score (nSPS) is 11.6. The van der Waals surface area contributed by atoms with Gasteiger partial charge in [-0.3, -0.25) is 0 Å². The number of alkyl carbamates (subject to hydrolysis) is 1. The summed E-state index contributed by atoms with van der Waals surface area (Å²) in [4.78, 5) is 22.9. The maximum Gasteiger partial charge on any atom is 0.408 e. The smallest absolute Gasteiger partial charge is 0.408 e. The van der Waals surface area contributed by atoms with Crippen LogP contribution < -0.4 is 5.32 Å². The highest BCUT2D eigenvalue weighted by atomic mass is 16.5. The molecular weight excluding hydrogens is 284 g/mol. The number of aromatic nitrogens is 1. The molecule has 22 heavy (non-hydrogen) atoms. The zero-order valence-corrected chi connectivity index (χ0v) is 12.0. The SMILES string of the molecule is O=C(N[C@@H](CCn1cccc1)C(=O)O)OCc1ccccc1. The van der Waals surface area contributed by atoms with Gasteiger partial charge < -0.3 is 19.7 Å². The summed E-state index contributed by atoms with van der Waals surface area (Å²) in [7, 11) is 0. The van der Waals surface area contributed by atoms with Gasteiger partial charge in [-0.2, -0.15) is 0 Å². The lowest BCUT2D eigenvalue weighted by Gasteiger charge is -2.15. The molecule has 0 unspecified atom stereocenters. The Morgan fingerprint density at radius 3 is 2.45 bits per heavy atom. The lowest BCUT2D eigenvalue weighted by atomic mass is 10.2. The Morgan fingerprint density at radius 1 is 1.14 bits per heavy atom. The molecule has 0 fully saturated rings. The van der Waals surface area contributed by atoms with E-state index in [0.29, 0.717) is 6.54 Å². The number of ether oxygens (including phenoxy) is 1. The molecule has 6 heteroatoms. The Labute approximate surface area is 128 Å². The number of hydrogen-bond donors (Lipinski definition) is 2. The molecule has 1 aromatic carbocycles. The van der Waals surface area contributed by atoms with Gasteiger partial charge in [0.15, 0.2) is 0 Å². The highest BCUT2D eigenvalue weighted by Gasteiger charge is 2.20. The second-order valence-corrected chi connectivity index (χ2v) is 4.81. The molecular formula is C16H18N2O4. The summed E-state index contributed by atoms with van der Waals surface area (Å²) in [5, 5.41) is 11.5. The van der Waals surface area contributed by atoms with E-state index in [-0.39, 0.29) is 13.0 Å². The van der Waals surface area contributed by atoms with E-state index < -0.39 is 18.1 Å². The van der Waals surface area contributed by atoms with Crippen molar-refractivity contribution in [3.05, 3.63) is 60.4 Å². The average Bonchev–Trinajstić information content (AvgIpc) is 3.03. The van der Waals surface area contributed by atoms with Crippen molar-refractivity contribution in [2.45, 2.75) is 25.6 Å². The summed E-state index contributed by atoms with van der Waals surface area (Å²) >= 11 is 0. The number of aryl methyl sites for hydroxylation is 1. The first-order valence-electron chi connectivity index (χ1n) is 6.96. The molecule has 0 spiro atoms. The number of carbonyl (C=O) groups excluding carboxylic acids is 1. The van der Waals surface area contributed by atoms with Crippen LogP contribution in [0.3, 0.4) is 0 Å². The molecule has 116 valence electrons. The van der Waals surface area contributed by atoms with Crippen LogP contribution in [0.5, 0.6) is 0 Å². The van der Waals surface area contributed by atoms with Crippen molar-refractivity contribution in [2.24, 2.45) is 0 Å². The molecule has 2 rings (SSSR count). The Hall–Kier alpha value is -2.76. The van der Waals surface area contributed by atoms with E-state index in [9.17, 15) is 9.59 Å². The zero-order chi connectivity index (χ0) is 15.8. The van der Waals surface area contributed by atoms with Gasteiger partial charge in [-0.1, -0.05) is 30.3 Å². The number of carbonyl (C=O) groups is 2. The molecule has 0 saturated carbocycles. The fourth-order valence-corrected chi connectivity index (χ4v) is 1.96. The minimum absolute atomic E-state index is 0.108. The number of carboxylic acids is 1. The van der Waals surface area contributed by atoms with Crippen LogP contribution >= 0.6 is 0 Å². The molecule has 2 N–H and O–H groups in total. The molecule has 0 saturated heterocycles. The van der Waals surface area contributed by atoms with Gasteiger partial charge in [0.1, 0.15) is 12.6 Å². The molecule has 1 aromatic heterocycles. The number of nitrogens with one attached hydrogen (secondary N) is 1. The fourth-order valence-electron chi connectivity index (χ4n) is 1.96. The van der Waals surface area contributed by atoms with Crippen LogP contribution in [0.1, 0.15) is 12.0 Å². The number of nitrogens with zero attached hydrogens (tertiary/aromatic N) is 1. The monoisotopic (exact) mass is 302 g/mol. The standard InChI is InChI=1S/C16H18N2O4/c19-15(20)14(8-11-18-9-4-5-10-18)17-16(21)22-12-13-6-2-1-3-7-13/h1-7,9-10,14H,8,11-12H2,(H,17,21)(H,19,20)/t14-/m0/s1. The Morgan fingerprint density at radius 2 is 1.82 bits per heavy atom. The molecule has 2 aromatic rings. The van der Waals surface area contributed by atoms with Gasteiger partial charge in [-0.05, 0) is 24.1 Å². The number of amides is 1. The average molecular weight is 302 g/mol. The lowest BCUT2D eigenvalue weighted by Crippen LogP contribution is -2.41. The second-order valence-electron chi connectivity index (χ2n) is 4.81. The molecule has 1 amide bonds. The summed E-state index contributed by atoms with van der Waals surface area (Å²) in [6.07, 6.45) is 3.23.